The van der Waals surface area contributed by atoms with Gasteiger partial charge in [-0.3, -0.25) is 0 Å². The minimum Gasteiger partial charge on any atom is -0.508 e. The predicted octanol–water partition coefficient (Wildman–Crippen LogP) is 2.40. The van der Waals surface area contributed by atoms with Crippen molar-refractivity contribution in [3.8, 4) is 16.9 Å². The van der Waals surface area contributed by atoms with Crippen molar-refractivity contribution < 1.29 is 5.11 Å². The van der Waals surface area contributed by atoms with Crippen LogP contribution in [-0.2, 0) is 0 Å². The monoisotopic (exact) mass is 306 g/mol. The molecule has 0 aliphatic rings. The highest BCUT2D eigenvalue weighted by molar-refractivity contribution is 5.90. The molecule has 0 bridgehead atoms. The Kier molecular flexibility index (Phi) is 2.87. The summed E-state index contributed by atoms with van der Waals surface area (Å²) in [6, 6.07) is 7.25. The van der Waals surface area contributed by atoms with Crippen LogP contribution in [0.5, 0.6) is 5.75 Å². The van der Waals surface area contributed by atoms with Crippen LogP contribution < -0.4 is 5.32 Å². The van der Waals surface area contributed by atoms with Gasteiger partial charge in [-0.2, -0.15) is 14.6 Å². The third-order valence-corrected chi connectivity index (χ3v) is 3.82. The van der Waals surface area contributed by atoms with Crippen LogP contribution in [0.4, 0.5) is 5.95 Å². The van der Waals surface area contributed by atoms with Gasteiger partial charge in [0.25, 0.3) is 0 Å². The molecule has 23 heavy (non-hydrogen) atoms. The maximum Gasteiger partial charge on any atom is 0.224 e. The summed E-state index contributed by atoms with van der Waals surface area (Å²) in [4.78, 5) is 13.1. The van der Waals surface area contributed by atoms with Gasteiger partial charge in [0.1, 0.15) is 12.1 Å². The molecule has 7 heteroatoms. The van der Waals surface area contributed by atoms with Crippen molar-refractivity contribution in [2.45, 2.75) is 6.92 Å². The number of aromatic hydroxyl groups is 1. The third kappa shape index (κ3) is 2.05. The number of hydrogen-bond acceptors (Lipinski definition) is 6. The number of phenols is 1. The minimum atomic E-state index is 0.213. The average Bonchev–Trinajstić information content (AvgIpc) is 3.06. The van der Waals surface area contributed by atoms with Gasteiger partial charge in [0.15, 0.2) is 11.3 Å². The number of hydrogen-bond donors (Lipinski definition) is 2. The van der Waals surface area contributed by atoms with Gasteiger partial charge in [0.05, 0.1) is 0 Å². The molecule has 0 unspecified atom stereocenters. The molecule has 114 valence electrons. The fourth-order valence-electron chi connectivity index (χ4n) is 2.67. The Morgan fingerprint density at radius 3 is 2.78 bits per heavy atom. The first-order chi connectivity index (χ1) is 11.2. The smallest absolute Gasteiger partial charge is 0.224 e. The molecule has 0 fully saturated rings. The number of anilines is 1. The van der Waals surface area contributed by atoms with Crippen LogP contribution in [0.1, 0.15) is 5.56 Å². The first-order valence-electron chi connectivity index (χ1n) is 7.14. The lowest BCUT2D eigenvalue weighted by Crippen LogP contribution is -2.01. The Balaban J connectivity index is 2.10. The fourth-order valence-corrected chi connectivity index (χ4v) is 2.67. The molecular weight excluding hydrogens is 292 g/mol. The van der Waals surface area contributed by atoms with Gasteiger partial charge in [-0.1, -0.05) is 6.07 Å². The molecule has 0 saturated carbocycles. The van der Waals surface area contributed by atoms with E-state index in [0.29, 0.717) is 17.2 Å². The number of nitrogens with one attached hydrogen (secondary N) is 1. The highest BCUT2D eigenvalue weighted by atomic mass is 16.3. The topological polar surface area (TPSA) is 88.2 Å². The molecule has 0 radical (unpaired) electrons. The van der Waals surface area contributed by atoms with Gasteiger partial charge in [-0.05, 0) is 36.2 Å². The molecule has 0 spiro atoms. The summed E-state index contributed by atoms with van der Waals surface area (Å²) >= 11 is 0. The first kappa shape index (κ1) is 13.4. The number of phenolic OH excluding ortho intramolecular Hbond substituents is 1. The second kappa shape index (κ2) is 4.91. The normalized spacial score (nSPS) is 11.2. The molecule has 1 aromatic carbocycles. The largest absolute Gasteiger partial charge is 0.508 e. The molecule has 2 N–H and O–H groups in total. The van der Waals surface area contributed by atoms with Crippen molar-refractivity contribution in [1.82, 2.24) is 24.6 Å². The fraction of sp³-hybridized carbons (Fsp3) is 0.125. The lowest BCUT2D eigenvalue weighted by atomic mass is 10.0. The van der Waals surface area contributed by atoms with E-state index in [1.54, 1.807) is 29.9 Å². The van der Waals surface area contributed by atoms with Gasteiger partial charge >= 0.3 is 0 Å². The number of pyridine rings is 1. The number of aromatic nitrogens is 5. The molecule has 0 amide bonds. The van der Waals surface area contributed by atoms with Gasteiger partial charge in [0, 0.05) is 24.2 Å². The van der Waals surface area contributed by atoms with Crippen LogP contribution in [-0.4, -0.2) is 36.7 Å². The molecule has 0 aliphatic carbocycles. The summed E-state index contributed by atoms with van der Waals surface area (Å²) in [7, 11) is 1.77. The quantitative estimate of drug-likeness (QED) is 0.591. The summed E-state index contributed by atoms with van der Waals surface area (Å²) in [5.74, 6) is 0.737. The van der Waals surface area contributed by atoms with E-state index in [9.17, 15) is 5.11 Å². The van der Waals surface area contributed by atoms with Gasteiger partial charge in [-0.15, -0.1) is 0 Å². The van der Waals surface area contributed by atoms with E-state index in [4.69, 9.17) is 0 Å². The SMILES string of the molecule is CNc1ncc2cc(-c3cc(O)ccc3C)c3ncnn3c2n1. The molecule has 0 atom stereocenters. The Hall–Kier alpha value is -3.22. The average molecular weight is 306 g/mol. The van der Waals surface area contributed by atoms with E-state index in [-0.39, 0.29) is 5.75 Å². The lowest BCUT2D eigenvalue weighted by molar-refractivity contribution is 0.475. The Labute approximate surface area is 131 Å². The standard InChI is InChI=1S/C16H14N6O/c1-9-3-4-11(23)6-12(9)13-5-10-7-18-16(17-2)21-14(10)22-15(13)19-8-20-22/h3-8,23H,1-2H3,(H,17,18,21). The number of rotatable bonds is 2. The van der Waals surface area contributed by atoms with Crippen molar-refractivity contribution in [3.63, 3.8) is 0 Å². The number of benzene rings is 1. The second-order valence-corrected chi connectivity index (χ2v) is 5.28. The maximum atomic E-state index is 9.83. The van der Waals surface area contributed by atoms with Crippen LogP contribution in [0.3, 0.4) is 0 Å². The summed E-state index contributed by atoms with van der Waals surface area (Å²) in [6.07, 6.45) is 3.24. The van der Waals surface area contributed by atoms with Crippen molar-refractivity contribution >= 4 is 22.6 Å². The van der Waals surface area contributed by atoms with Crippen LogP contribution in [0.25, 0.3) is 27.8 Å². The summed E-state index contributed by atoms with van der Waals surface area (Å²) in [5.41, 5.74) is 4.19. The summed E-state index contributed by atoms with van der Waals surface area (Å²) < 4.78 is 1.69. The second-order valence-electron chi connectivity index (χ2n) is 5.28. The van der Waals surface area contributed by atoms with Crippen LogP contribution in [0, 0.1) is 6.92 Å². The van der Waals surface area contributed by atoms with Gasteiger partial charge < -0.3 is 10.4 Å². The zero-order chi connectivity index (χ0) is 16.0. The molecule has 4 aromatic rings. The number of nitrogens with zero attached hydrogens (tertiary/aromatic N) is 5. The maximum absolute atomic E-state index is 9.83. The molecule has 7 nitrogen and oxygen atoms in total. The molecule has 3 heterocycles. The predicted molar refractivity (Wildman–Crippen MR) is 87.5 cm³/mol. The zero-order valence-electron chi connectivity index (χ0n) is 12.6. The zero-order valence-corrected chi connectivity index (χ0v) is 12.6. The van der Waals surface area contributed by atoms with E-state index in [2.05, 4.69) is 25.4 Å². The first-order valence-corrected chi connectivity index (χ1v) is 7.14. The molecule has 4 rings (SSSR count). The van der Waals surface area contributed by atoms with Crippen LogP contribution in [0.2, 0.25) is 0 Å². The van der Waals surface area contributed by atoms with Gasteiger partial charge in [0.2, 0.25) is 5.95 Å². The Morgan fingerprint density at radius 1 is 1.09 bits per heavy atom. The van der Waals surface area contributed by atoms with Crippen molar-refractivity contribution in [3.05, 3.63) is 42.4 Å². The Morgan fingerprint density at radius 2 is 1.96 bits per heavy atom. The summed E-state index contributed by atoms with van der Waals surface area (Å²) in [5, 5.41) is 17.9. The minimum absolute atomic E-state index is 0.213. The van der Waals surface area contributed by atoms with Crippen molar-refractivity contribution in [1.29, 1.82) is 0 Å². The Bertz CT molecular complexity index is 1040. The molecular formula is C16H14N6O. The lowest BCUT2D eigenvalue weighted by Gasteiger charge is -2.10. The third-order valence-electron chi connectivity index (χ3n) is 3.82. The highest BCUT2D eigenvalue weighted by Crippen LogP contribution is 2.32. The number of aryl methyl sites for hydroxylation is 1. The number of fused-ring (bicyclic) bond motifs is 3. The molecule has 3 aromatic heterocycles. The van der Waals surface area contributed by atoms with Crippen molar-refractivity contribution in [2.75, 3.05) is 12.4 Å². The van der Waals surface area contributed by atoms with Crippen molar-refractivity contribution in [2.24, 2.45) is 0 Å². The van der Waals surface area contributed by atoms with E-state index >= 15 is 0 Å². The molecule has 0 saturated heterocycles. The van der Waals surface area contributed by atoms with E-state index < -0.39 is 0 Å². The van der Waals surface area contributed by atoms with E-state index in [1.807, 2.05) is 19.1 Å². The van der Waals surface area contributed by atoms with Crippen LogP contribution >= 0.6 is 0 Å². The van der Waals surface area contributed by atoms with E-state index in [1.165, 1.54) is 6.33 Å². The van der Waals surface area contributed by atoms with E-state index in [0.717, 1.165) is 22.1 Å². The molecule has 0 aliphatic heterocycles. The highest BCUT2D eigenvalue weighted by Gasteiger charge is 2.14. The summed E-state index contributed by atoms with van der Waals surface area (Å²) in [6.45, 7) is 1.99. The van der Waals surface area contributed by atoms with Crippen LogP contribution in [0.15, 0.2) is 36.8 Å². The van der Waals surface area contributed by atoms with Gasteiger partial charge in [-0.25, -0.2) is 9.97 Å².